The molecule has 0 spiro atoms. The zero-order valence-electron chi connectivity index (χ0n) is 19.1. The molecular weight excluding hydrogens is 438 g/mol. The van der Waals surface area contributed by atoms with Gasteiger partial charge in [-0.25, -0.2) is 0 Å². The molecule has 0 N–H and O–H groups in total. The lowest BCUT2D eigenvalue weighted by Crippen LogP contribution is -2.45. The first-order chi connectivity index (χ1) is 15.9. The first-order valence-electron chi connectivity index (χ1n) is 11.5. The Morgan fingerprint density at radius 3 is 2.48 bits per heavy atom. The minimum atomic E-state index is -0.256. The molecule has 5 rings (SSSR count). The van der Waals surface area contributed by atoms with Crippen molar-refractivity contribution >= 4 is 35.2 Å². The van der Waals surface area contributed by atoms with Gasteiger partial charge in [-0.05, 0) is 31.9 Å². The Labute approximate surface area is 197 Å². The number of piperidine rings is 1. The number of nitrogens with zero attached hydrogens (tertiary/aromatic N) is 5. The molecule has 0 atom stereocenters. The number of amides is 3. The standard InChI is InChI=1S/C24H29N5O3S/c1-16-18(14-26(2)25-16)15-29-23(31)19-4-3-5-20(21(19)24(29)32)27-8-6-17(7-9-27)22(30)28-10-12-33-13-11-28/h3-5,14,17H,6-13,15H2,1-2H3. The topological polar surface area (TPSA) is 78.8 Å². The molecule has 0 aliphatic carbocycles. The molecule has 33 heavy (non-hydrogen) atoms. The van der Waals surface area contributed by atoms with Gasteiger partial charge in [0, 0.05) is 62.4 Å². The van der Waals surface area contributed by atoms with E-state index < -0.39 is 0 Å². The lowest BCUT2D eigenvalue weighted by Gasteiger charge is -2.36. The third-order valence-corrected chi connectivity index (χ3v) is 7.87. The van der Waals surface area contributed by atoms with Crippen molar-refractivity contribution < 1.29 is 14.4 Å². The van der Waals surface area contributed by atoms with Crippen molar-refractivity contribution in [3.8, 4) is 0 Å². The van der Waals surface area contributed by atoms with E-state index in [2.05, 4.69) is 10.00 Å². The Kier molecular flexibility index (Phi) is 5.90. The number of carbonyl (C=O) groups excluding carboxylic acids is 3. The zero-order valence-corrected chi connectivity index (χ0v) is 19.9. The maximum absolute atomic E-state index is 13.4. The van der Waals surface area contributed by atoms with Gasteiger partial charge in [0.25, 0.3) is 11.8 Å². The Morgan fingerprint density at radius 2 is 1.82 bits per heavy atom. The summed E-state index contributed by atoms with van der Waals surface area (Å²) in [6, 6.07) is 5.51. The molecule has 1 aromatic heterocycles. The van der Waals surface area contributed by atoms with Gasteiger partial charge >= 0.3 is 0 Å². The fraction of sp³-hybridized carbons (Fsp3) is 0.500. The molecule has 0 unspecified atom stereocenters. The van der Waals surface area contributed by atoms with Crippen LogP contribution in [0, 0.1) is 12.8 Å². The van der Waals surface area contributed by atoms with Crippen LogP contribution in [0.5, 0.6) is 0 Å². The van der Waals surface area contributed by atoms with Crippen LogP contribution in [0.2, 0.25) is 0 Å². The number of aromatic nitrogens is 2. The van der Waals surface area contributed by atoms with E-state index in [4.69, 9.17) is 0 Å². The summed E-state index contributed by atoms with van der Waals surface area (Å²) in [6.45, 7) is 5.21. The molecule has 2 saturated heterocycles. The predicted octanol–water partition coefficient (Wildman–Crippen LogP) is 2.32. The summed E-state index contributed by atoms with van der Waals surface area (Å²) in [5.41, 5.74) is 3.43. The summed E-state index contributed by atoms with van der Waals surface area (Å²) in [7, 11) is 1.83. The molecule has 2 aromatic rings. The van der Waals surface area contributed by atoms with Crippen molar-refractivity contribution in [1.29, 1.82) is 0 Å². The van der Waals surface area contributed by atoms with Gasteiger partial charge in [-0.3, -0.25) is 24.0 Å². The molecule has 0 radical (unpaired) electrons. The van der Waals surface area contributed by atoms with Crippen LogP contribution in [0.25, 0.3) is 0 Å². The molecular formula is C24H29N5O3S. The van der Waals surface area contributed by atoms with Gasteiger partial charge < -0.3 is 9.80 Å². The second kappa shape index (κ2) is 8.85. The van der Waals surface area contributed by atoms with Crippen molar-refractivity contribution in [3.05, 3.63) is 46.8 Å². The number of fused-ring (bicyclic) bond motifs is 1. The Morgan fingerprint density at radius 1 is 1.09 bits per heavy atom. The number of carbonyl (C=O) groups is 3. The van der Waals surface area contributed by atoms with Crippen LogP contribution in [0.1, 0.15) is 44.8 Å². The Balaban J connectivity index is 1.31. The van der Waals surface area contributed by atoms with Gasteiger partial charge in [-0.15, -0.1) is 0 Å². The molecule has 4 heterocycles. The van der Waals surface area contributed by atoms with Gasteiger partial charge in [-0.2, -0.15) is 16.9 Å². The minimum Gasteiger partial charge on any atom is -0.371 e. The summed E-state index contributed by atoms with van der Waals surface area (Å²) in [4.78, 5) is 44.9. The second-order valence-electron chi connectivity index (χ2n) is 9.01. The van der Waals surface area contributed by atoms with Crippen LogP contribution in [-0.4, -0.2) is 75.0 Å². The third-order valence-electron chi connectivity index (χ3n) is 6.93. The fourth-order valence-electron chi connectivity index (χ4n) is 5.11. The summed E-state index contributed by atoms with van der Waals surface area (Å²) < 4.78 is 1.70. The Hall–Kier alpha value is -2.81. The fourth-order valence-corrected chi connectivity index (χ4v) is 6.01. The first-order valence-corrected chi connectivity index (χ1v) is 12.7. The van der Waals surface area contributed by atoms with Gasteiger partial charge in [0.2, 0.25) is 5.91 Å². The van der Waals surface area contributed by atoms with Crippen LogP contribution in [-0.2, 0) is 18.4 Å². The summed E-state index contributed by atoms with van der Waals surface area (Å²) in [5.74, 6) is 1.85. The number of aryl methyl sites for hydroxylation is 2. The highest BCUT2D eigenvalue weighted by atomic mass is 32.2. The summed E-state index contributed by atoms with van der Waals surface area (Å²) >= 11 is 1.90. The molecule has 1 aromatic carbocycles. The van der Waals surface area contributed by atoms with Crippen molar-refractivity contribution in [2.24, 2.45) is 13.0 Å². The van der Waals surface area contributed by atoms with Crippen molar-refractivity contribution in [2.75, 3.05) is 42.6 Å². The normalized spacial score (nSPS) is 19.4. The smallest absolute Gasteiger partial charge is 0.263 e. The number of thioether (sulfide) groups is 1. The van der Waals surface area contributed by atoms with Crippen LogP contribution >= 0.6 is 11.8 Å². The summed E-state index contributed by atoms with van der Waals surface area (Å²) in [6.07, 6.45) is 3.39. The van der Waals surface area contributed by atoms with E-state index in [-0.39, 0.29) is 30.2 Å². The molecule has 3 aliphatic heterocycles. The van der Waals surface area contributed by atoms with E-state index in [0.29, 0.717) is 24.2 Å². The Bertz CT molecular complexity index is 1100. The van der Waals surface area contributed by atoms with Crippen molar-refractivity contribution in [3.63, 3.8) is 0 Å². The van der Waals surface area contributed by atoms with Gasteiger partial charge in [0.05, 0.1) is 29.1 Å². The van der Waals surface area contributed by atoms with Gasteiger partial charge in [0.15, 0.2) is 0 Å². The predicted molar refractivity (Wildman–Crippen MR) is 127 cm³/mol. The number of hydrogen-bond donors (Lipinski definition) is 0. The van der Waals surface area contributed by atoms with Crippen LogP contribution < -0.4 is 4.90 Å². The number of benzene rings is 1. The lowest BCUT2D eigenvalue weighted by molar-refractivity contribution is -0.135. The minimum absolute atomic E-state index is 0.0449. The molecule has 0 saturated carbocycles. The number of hydrogen-bond acceptors (Lipinski definition) is 6. The maximum Gasteiger partial charge on any atom is 0.263 e. The monoisotopic (exact) mass is 467 g/mol. The zero-order chi connectivity index (χ0) is 23.1. The average molecular weight is 468 g/mol. The molecule has 0 bridgehead atoms. The third kappa shape index (κ3) is 4.03. The van der Waals surface area contributed by atoms with Crippen molar-refractivity contribution in [1.82, 2.24) is 19.6 Å². The molecule has 3 amide bonds. The molecule has 8 nitrogen and oxygen atoms in total. The number of anilines is 1. The van der Waals surface area contributed by atoms with Crippen molar-refractivity contribution in [2.45, 2.75) is 26.3 Å². The van der Waals surface area contributed by atoms with E-state index in [0.717, 1.165) is 54.4 Å². The van der Waals surface area contributed by atoms with Crippen LogP contribution in [0.15, 0.2) is 24.4 Å². The van der Waals surface area contributed by atoms with E-state index in [1.165, 1.54) is 4.90 Å². The molecule has 9 heteroatoms. The highest BCUT2D eigenvalue weighted by Gasteiger charge is 2.39. The van der Waals surface area contributed by atoms with Gasteiger partial charge in [-0.1, -0.05) is 6.07 Å². The lowest BCUT2D eigenvalue weighted by atomic mass is 9.94. The van der Waals surface area contributed by atoms with E-state index in [1.807, 2.05) is 49.0 Å². The van der Waals surface area contributed by atoms with E-state index in [1.54, 1.807) is 10.7 Å². The largest absolute Gasteiger partial charge is 0.371 e. The van der Waals surface area contributed by atoms with Crippen LogP contribution in [0.4, 0.5) is 5.69 Å². The highest BCUT2D eigenvalue weighted by Crippen LogP contribution is 2.35. The highest BCUT2D eigenvalue weighted by molar-refractivity contribution is 7.99. The molecule has 174 valence electrons. The molecule has 3 aliphatic rings. The quantitative estimate of drug-likeness (QED) is 0.642. The second-order valence-corrected chi connectivity index (χ2v) is 10.2. The van der Waals surface area contributed by atoms with Gasteiger partial charge in [0.1, 0.15) is 0 Å². The van der Waals surface area contributed by atoms with Crippen LogP contribution in [0.3, 0.4) is 0 Å². The first kappa shape index (κ1) is 22.0. The van der Waals surface area contributed by atoms with E-state index in [9.17, 15) is 14.4 Å². The maximum atomic E-state index is 13.4. The van der Waals surface area contributed by atoms with E-state index >= 15 is 0 Å². The number of rotatable bonds is 4. The SMILES string of the molecule is Cc1nn(C)cc1CN1C(=O)c2cccc(N3CCC(C(=O)N4CCSCC4)CC3)c2C1=O. The number of imide groups is 1. The summed E-state index contributed by atoms with van der Waals surface area (Å²) in [5, 5.41) is 4.33. The average Bonchev–Trinajstić information content (AvgIpc) is 3.29. The molecule has 2 fully saturated rings.